The number of piperazine rings is 1. The van der Waals surface area contributed by atoms with Gasteiger partial charge in [0.05, 0.1) is 5.69 Å². The normalized spacial score (nSPS) is 14.8. The minimum absolute atomic E-state index is 0.318. The maximum Gasteiger partial charge on any atom is 0.276 e. The molecule has 0 spiro atoms. The molecule has 1 aliphatic heterocycles. The number of phenols is 1. The van der Waals surface area contributed by atoms with Gasteiger partial charge in [-0.1, -0.05) is 23.4 Å². The Balaban J connectivity index is 1.27. The number of pyridine rings is 1. The average molecular weight is 407 g/mol. The molecule has 2 aromatic heterocycles. The summed E-state index contributed by atoms with van der Waals surface area (Å²) in [4.78, 5) is 17.4. The highest BCUT2D eigenvalue weighted by Crippen LogP contribution is 2.27. The molecule has 4 rings (SSSR count). The summed E-state index contributed by atoms with van der Waals surface area (Å²) in [6, 6.07) is 13.0. The molecule has 0 aliphatic carbocycles. The van der Waals surface area contributed by atoms with Crippen molar-refractivity contribution in [2.24, 2.45) is 4.99 Å². The lowest BCUT2D eigenvalue weighted by atomic mass is 10.2. The highest BCUT2D eigenvalue weighted by atomic mass is 16.5. The molecule has 1 aliphatic rings. The molecule has 3 heterocycles. The molecule has 156 valence electrons. The van der Waals surface area contributed by atoms with Crippen LogP contribution in [0.25, 0.3) is 11.6 Å². The molecule has 0 radical (unpaired) electrons. The molecule has 30 heavy (non-hydrogen) atoms. The molecule has 2 N–H and O–H groups in total. The van der Waals surface area contributed by atoms with E-state index in [0.29, 0.717) is 36.1 Å². The first-order valence-corrected chi connectivity index (χ1v) is 9.97. The van der Waals surface area contributed by atoms with Gasteiger partial charge in [0, 0.05) is 52.4 Å². The van der Waals surface area contributed by atoms with Gasteiger partial charge in [0.25, 0.3) is 5.89 Å². The summed E-state index contributed by atoms with van der Waals surface area (Å²) < 4.78 is 5.30. The van der Waals surface area contributed by atoms with Crippen LogP contribution in [0.15, 0.2) is 58.2 Å². The van der Waals surface area contributed by atoms with Gasteiger partial charge in [0.2, 0.25) is 0 Å². The summed E-state index contributed by atoms with van der Waals surface area (Å²) in [6.07, 6.45) is 2.32. The number of benzene rings is 1. The lowest BCUT2D eigenvalue weighted by molar-refractivity contribution is 0.369. The van der Waals surface area contributed by atoms with E-state index < -0.39 is 0 Å². The summed E-state index contributed by atoms with van der Waals surface area (Å²) in [6.45, 7) is 3.92. The SMILES string of the molecule is CN=C(NCCc1noc(-c2ccccn2)n1)N1CCN(c2ccccc2O)CC1. The summed E-state index contributed by atoms with van der Waals surface area (Å²) >= 11 is 0. The van der Waals surface area contributed by atoms with E-state index >= 15 is 0 Å². The number of hydrogen-bond donors (Lipinski definition) is 2. The molecule has 9 nitrogen and oxygen atoms in total. The number of phenolic OH excluding ortho intramolecular Hbond substituents is 1. The van der Waals surface area contributed by atoms with Gasteiger partial charge < -0.3 is 24.7 Å². The zero-order valence-corrected chi connectivity index (χ0v) is 16.9. The Kier molecular flexibility index (Phi) is 6.07. The van der Waals surface area contributed by atoms with Crippen LogP contribution in [-0.4, -0.2) is 70.9 Å². The monoisotopic (exact) mass is 407 g/mol. The Morgan fingerprint density at radius 3 is 2.67 bits per heavy atom. The minimum Gasteiger partial charge on any atom is -0.506 e. The summed E-state index contributed by atoms with van der Waals surface area (Å²) in [7, 11) is 1.78. The standard InChI is InChI=1S/C21H25N7O2/c1-22-21(28-14-12-27(13-15-28)17-7-2-3-8-18(17)29)24-11-9-19-25-20(30-26-19)16-6-4-5-10-23-16/h2-8,10,29H,9,11-15H2,1H3,(H,22,24). The van der Waals surface area contributed by atoms with E-state index in [1.807, 2.05) is 36.4 Å². The highest BCUT2D eigenvalue weighted by molar-refractivity contribution is 5.80. The van der Waals surface area contributed by atoms with Crippen molar-refractivity contribution in [1.29, 1.82) is 0 Å². The molecule has 1 aromatic carbocycles. The second kappa shape index (κ2) is 9.25. The van der Waals surface area contributed by atoms with Crippen LogP contribution >= 0.6 is 0 Å². The molecule has 3 aromatic rings. The van der Waals surface area contributed by atoms with Gasteiger partial charge in [0.15, 0.2) is 11.8 Å². The summed E-state index contributed by atoms with van der Waals surface area (Å²) in [5.74, 6) is 2.22. The highest BCUT2D eigenvalue weighted by Gasteiger charge is 2.21. The lowest BCUT2D eigenvalue weighted by Gasteiger charge is -2.37. The molecule has 0 saturated carbocycles. The topological polar surface area (TPSA) is 103 Å². The van der Waals surface area contributed by atoms with Gasteiger partial charge in [0.1, 0.15) is 11.4 Å². The number of aromatic nitrogens is 3. The first-order valence-electron chi connectivity index (χ1n) is 9.97. The zero-order valence-electron chi connectivity index (χ0n) is 16.9. The maximum absolute atomic E-state index is 10.1. The number of nitrogens with zero attached hydrogens (tertiary/aromatic N) is 6. The number of aliphatic imine (C=N–C) groups is 1. The number of para-hydroxylation sites is 2. The molecule has 9 heteroatoms. The molecular formula is C21H25N7O2. The smallest absolute Gasteiger partial charge is 0.276 e. The van der Waals surface area contributed by atoms with Crippen molar-refractivity contribution in [3.8, 4) is 17.3 Å². The van der Waals surface area contributed by atoms with E-state index in [1.54, 1.807) is 19.3 Å². The van der Waals surface area contributed by atoms with Crippen molar-refractivity contribution in [2.75, 3.05) is 44.7 Å². The zero-order chi connectivity index (χ0) is 20.8. The first-order chi connectivity index (χ1) is 14.7. The van der Waals surface area contributed by atoms with Crippen LogP contribution in [0.3, 0.4) is 0 Å². The molecular weight excluding hydrogens is 382 g/mol. The fraction of sp³-hybridized carbons (Fsp3) is 0.333. The van der Waals surface area contributed by atoms with E-state index in [4.69, 9.17) is 4.52 Å². The number of anilines is 1. The number of aromatic hydroxyl groups is 1. The van der Waals surface area contributed by atoms with Crippen molar-refractivity contribution in [3.63, 3.8) is 0 Å². The molecule has 0 amide bonds. The molecule has 0 bridgehead atoms. The van der Waals surface area contributed by atoms with Crippen molar-refractivity contribution < 1.29 is 9.63 Å². The quantitative estimate of drug-likeness (QED) is 0.487. The summed E-state index contributed by atoms with van der Waals surface area (Å²) in [5, 5.41) is 17.5. The third-order valence-corrected chi connectivity index (χ3v) is 5.00. The minimum atomic E-state index is 0.318. The van der Waals surface area contributed by atoms with Crippen LogP contribution in [0.2, 0.25) is 0 Å². The molecule has 0 unspecified atom stereocenters. The van der Waals surface area contributed by atoms with Crippen LogP contribution in [0, 0.1) is 0 Å². The Labute approximate surface area is 175 Å². The van der Waals surface area contributed by atoms with Crippen LogP contribution in [0.5, 0.6) is 5.75 Å². The third kappa shape index (κ3) is 4.51. The largest absolute Gasteiger partial charge is 0.506 e. The van der Waals surface area contributed by atoms with Gasteiger partial charge in [-0.2, -0.15) is 4.98 Å². The van der Waals surface area contributed by atoms with Crippen molar-refractivity contribution in [1.82, 2.24) is 25.3 Å². The third-order valence-electron chi connectivity index (χ3n) is 5.00. The molecule has 1 saturated heterocycles. The number of guanidine groups is 1. The number of hydrogen-bond acceptors (Lipinski definition) is 7. The first kappa shape index (κ1) is 19.7. The van der Waals surface area contributed by atoms with Crippen LogP contribution in [0.4, 0.5) is 5.69 Å². The van der Waals surface area contributed by atoms with Gasteiger partial charge in [-0.05, 0) is 24.3 Å². The van der Waals surface area contributed by atoms with E-state index in [-0.39, 0.29) is 0 Å². The van der Waals surface area contributed by atoms with Crippen LogP contribution in [0.1, 0.15) is 5.82 Å². The number of rotatable bonds is 5. The van der Waals surface area contributed by atoms with Gasteiger partial charge in [-0.15, -0.1) is 0 Å². The fourth-order valence-electron chi connectivity index (χ4n) is 3.46. The average Bonchev–Trinajstić information content (AvgIpc) is 3.27. The Morgan fingerprint density at radius 2 is 1.93 bits per heavy atom. The van der Waals surface area contributed by atoms with Crippen molar-refractivity contribution in [2.45, 2.75) is 6.42 Å². The van der Waals surface area contributed by atoms with E-state index in [9.17, 15) is 5.11 Å². The molecule has 1 fully saturated rings. The Bertz CT molecular complexity index is 982. The molecule has 0 atom stereocenters. The second-order valence-corrected chi connectivity index (χ2v) is 6.92. The van der Waals surface area contributed by atoms with Crippen LogP contribution < -0.4 is 10.2 Å². The van der Waals surface area contributed by atoms with Gasteiger partial charge >= 0.3 is 0 Å². The Hall–Kier alpha value is -3.62. The van der Waals surface area contributed by atoms with E-state index in [0.717, 1.165) is 37.8 Å². The lowest BCUT2D eigenvalue weighted by Crippen LogP contribution is -2.52. The predicted molar refractivity (Wildman–Crippen MR) is 114 cm³/mol. The van der Waals surface area contributed by atoms with Crippen molar-refractivity contribution in [3.05, 3.63) is 54.5 Å². The van der Waals surface area contributed by atoms with Gasteiger partial charge in [-0.3, -0.25) is 9.98 Å². The van der Waals surface area contributed by atoms with Gasteiger partial charge in [-0.25, -0.2) is 0 Å². The van der Waals surface area contributed by atoms with Crippen molar-refractivity contribution >= 4 is 11.6 Å². The fourth-order valence-corrected chi connectivity index (χ4v) is 3.46. The Morgan fingerprint density at radius 1 is 1.13 bits per heavy atom. The van der Waals surface area contributed by atoms with E-state index in [1.165, 1.54) is 0 Å². The van der Waals surface area contributed by atoms with Crippen LogP contribution in [-0.2, 0) is 6.42 Å². The second-order valence-electron chi connectivity index (χ2n) is 6.92. The summed E-state index contributed by atoms with van der Waals surface area (Å²) in [5.41, 5.74) is 1.54. The maximum atomic E-state index is 10.1. The number of nitrogens with one attached hydrogen (secondary N) is 1. The van der Waals surface area contributed by atoms with E-state index in [2.05, 4.69) is 35.2 Å². The predicted octanol–water partition coefficient (Wildman–Crippen LogP) is 1.78.